The van der Waals surface area contributed by atoms with Crippen LogP contribution in [0.5, 0.6) is 0 Å². The largest absolute Gasteiger partial charge is 0.451 e. The van der Waals surface area contributed by atoms with E-state index in [0.29, 0.717) is 10.9 Å². The molecule has 3 aromatic rings. The molecule has 0 atom stereocenters. The molecule has 1 amide bonds. The summed E-state index contributed by atoms with van der Waals surface area (Å²) in [5, 5.41) is 4.62. The molecular weight excluding hydrogens is 366 g/mol. The number of nitrogens with one attached hydrogen (secondary N) is 1. The van der Waals surface area contributed by atoms with Gasteiger partial charge in [0.05, 0.1) is 5.69 Å². The van der Waals surface area contributed by atoms with Crippen molar-refractivity contribution < 1.29 is 9.21 Å². The fraction of sp³-hybridized carbons (Fsp3) is 0.368. The van der Waals surface area contributed by atoms with Crippen molar-refractivity contribution in [3.05, 3.63) is 46.2 Å². The molecule has 0 aliphatic carbocycles. The number of fused-ring (bicyclic) bond motifs is 2. The van der Waals surface area contributed by atoms with Gasteiger partial charge in [0.15, 0.2) is 10.9 Å². The van der Waals surface area contributed by atoms with E-state index in [9.17, 15) is 4.79 Å². The number of carbonyl (C=O) groups is 1. The Kier molecular flexibility index (Phi) is 5.02. The average molecular weight is 388 g/mol. The van der Waals surface area contributed by atoms with Crippen LogP contribution in [0.1, 0.15) is 33.6 Å². The number of anilines is 1. The molecule has 0 spiro atoms. The monoisotopic (exact) mass is 387 g/mol. The molecule has 0 saturated carbocycles. The first-order valence-corrected chi connectivity index (χ1v) is 10.9. The zero-order valence-electron chi connectivity index (χ0n) is 14.9. The van der Waals surface area contributed by atoms with E-state index in [1.54, 1.807) is 23.1 Å². The minimum absolute atomic E-state index is 0.219. The summed E-state index contributed by atoms with van der Waals surface area (Å²) in [5.74, 6) is 0.909. The topological polar surface area (TPSA) is 58.4 Å². The number of nitrogens with zero attached hydrogens (tertiary/aromatic N) is 2. The van der Waals surface area contributed by atoms with E-state index in [2.05, 4.69) is 22.1 Å². The van der Waals surface area contributed by atoms with Crippen molar-refractivity contribution >= 4 is 45.1 Å². The minimum Gasteiger partial charge on any atom is -0.451 e. The lowest BCUT2D eigenvalue weighted by Crippen LogP contribution is -2.29. The summed E-state index contributed by atoms with van der Waals surface area (Å²) < 4.78 is 5.87. The van der Waals surface area contributed by atoms with Gasteiger partial charge >= 0.3 is 0 Å². The Morgan fingerprint density at radius 2 is 2.27 bits per heavy atom. The number of carbonyl (C=O) groups excluding carboxylic acids is 1. The third kappa shape index (κ3) is 3.26. The second kappa shape index (κ2) is 7.42. The lowest BCUT2D eigenvalue weighted by molar-refractivity contribution is 0.0998. The molecule has 3 heterocycles. The number of amides is 1. The number of benzene rings is 1. The van der Waals surface area contributed by atoms with E-state index in [1.807, 2.05) is 30.5 Å². The summed E-state index contributed by atoms with van der Waals surface area (Å²) >= 11 is 3.25. The van der Waals surface area contributed by atoms with E-state index in [4.69, 9.17) is 4.42 Å². The van der Waals surface area contributed by atoms with Gasteiger partial charge in [0.2, 0.25) is 0 Å². The molecule has 0 radical (unpaired) electrons. The molecule has 1 aromatic carbocycles. The first kappa shape index (κ1) is 17.6. The van der Waals surface area contributed by atoms with Crippen LogP contribution in [-0.4, -0.2) is 35.1 Å². The fourth-order valence-corrected chi connectivity index (χ4v) is 4.92. The molecular formula is C19H21N3O2S2. The first-order valence-electron chi connectivity index (χ1n) is 8.71. The van der Waals surface area contributed by atoms with Crippen molar-refractivity contribution in [2.45, 2.75) is 25.6 Å². The molecule has 136 valence electrons. The third-order valence-corrected chi connectivity index (χ3v) is 6.25. The molecule has 0 fully saturated rings. The molecule has 5 nitrogen and oxygen atoms in total. The highest BCUT2D eigenvalue weighted by Gasteiger charge is 2.23. The van der Waals surface area contributed by atoms with Gasteiger partial charge in [0, 0.05) is 41.1 Å². The smallest absolute Gasteiger partial charge is 0.293 e. The Morgan fingerprint density at radius 1 is 1.42 bits per heavy atom. The predicted octanol–water partition coefficient (Wildman–Crippen LogP) is 4.38. The molecule has 1 N–H and O–H groups in total. The third-order valence-electron chi connectivity index (χ3n) is 4.67. The van der Waals surface area contributed by atoms with Gasteiger partial charge in [-0.2, -0.15) is 11.8 Å². The maximum Gasteiger partial charge on any atom is 0.293 e. The summed E-state index contributed by atoms with van der Waals surface area (Å²) in [7, 11) is 0. The summed E-state index contributed by atoms with van der Waals surface area (Å²) in [6, 6.07) is 7.79. The standard InChI is InChI=1S/C19H21N3O2S2/c1-3-22-9-8-14-16(10-22)26-19(20-14)21-18(23)17-13(11-25-2)12-6-4-5-7-15(12)24-17/h4-7H,3,8-11H2,1-2H3,(H,20,21,23). The summed E-state index contributed by atoms with van der Waals surface area (Å²) in [6.45, 7) is 5.16. The highest BCUT2D eigenvalue weighted by Crippen LogP contribution is 2.31. The van der Waals surface area contributed by atoms with Crippen molar-refractivity contribution in [3.63, 3.8) is 0 Å². The fourth-order valence-electron chi connectivity index (χ4n) is 3.30. The van der Waals surface area contributed by atoms with Gasteiger partial charge in [-0.15, -0.1) is 11.3 Å². The van der Waals surface area contributed by atoms with Gasteiger partial charge in [-0.05, 0) is 18.9 Å². The summed E-state index contributed by atoms with van der Waals surface area (Å²) in [5.41, 5.74) is 2.81. The van der Waals surface area contributed by atoms with Crippen LogP contribution in [0.3, 0.4) is 0 Å². The maximum atomic E-state index is 12.9. The van der Waals surface area contributed by atoms with Crippen LogP contribution in [0.15, 0.2) is 28.7 Å². The molecule has 7 heteroatoms. The summed E-state index contributed by atoms with van der Waals surface area (Å²) in [6.07, 6.45) is 2.97. The lowest BCUT2D eigenvalue weighted by atomic mass is 10.1. The average Bonchev–Trinajstić information content (AvgIpc) is 3.22. The van der Waals surface area contributed by atoms with Crippen molar-refractivity contribution in [3.8, 4) is 0 Å². The van der Waals surface area contributed by atoms with E-state index in [0.717, 1.165) is 54.0 Å². The quantitative estimate of drug-likeness (QED) is 0.704. The molecule has 1 aliphatic heterocycles. The number of thioether (sulfide) groups is 1. The van der Waals surface area contributed by atoms with Gasteiger partial charge in [0.25, 0.3) is 5.91 Å². The highest BCUT2D eigenvalue weighted by molar-refractivity contribution is 7.97. The Bertz CT molecular complexity index is 948. The van der Waals surface area contributed by atoms with Gasteiger partial charge in [-0.25, -0.2) is 4.98 Å². The molecule has 1 aliphatic rings. The zero-order chi connectivity index (χ0) is 18.1. The number of rotatable bonds is 5. The van der Waals surface area contributed by atoms with Gasteiger partial charge in [-0.1, -0.05) is 25.1 Å². The van der Waals surface area contributed by atoms with Crippen LogP contribution in [0.25, 0.3) is 11.0 Å². The maximum absolute atomic E-state index is 12.9. The minimum atomic E-state index is -0.219. The Morgan fingerprint density at radius 3 is 3.08 bits per heavy atom. The van der Waals surface area contributed by atoms with Crippen molar-refractivity contribution in [1.29, 1.82) is 0 Å². The number of likely N-dealkylation sites (N-methyl/N-ethyl adjacent to an activating group) is 1. The van der Waals surface area contributed by atoms with E-state index in [1.165, 1.54) is 4.88 Å². The highest BCUT2D eigenvalue weighted by atomic mass is 32.2. The predicted molar refractivity (Wildman–Crippen MR) is 108 cm³/mol. The van der Waals surface area contributed by atoms with Crippen LogP contribution >= 0.6 is 23.1 Å². The zero-order valence-corrected chi connectivity index (χ0v) is 16.5. The number of furan rings is 1. The molecule has 0 saturated heterocycles. The number of thiazole rings is 1. The summed E-state index contributed by atoms with van der Waals surface area (Å²) in [4.78, 5) is 21.1. The Labute approximate surface area is 160 Å². The number of para-hydroxylation sites is 1. The van der Waals surface area contributed by atoms with E-state index in [-0.39, 0.29) is 5.91 Å². The van der Waals surface area contributed by atoms with Crippen LogP contribution in [0.2, 0.25) is 0 Å². The van der Waals surface area contributed by atoms with Gasteiger partial charge in [-0.3, -0.25) is 15.0 Å². The van der Waals surface area contributed by atoms with Gasteiger partial charge < -0.3 is 4.42 Å². The Hall–Kier alpha value is -1.83. The van der Waals surface area contributed by atoms with Crippen LogP contribution in [-0.2, 0) is 18.7 Å². The number of hydrogen-bond donors (Lipinski definition) is 1. The lowest BCUT2D eigenvalue weighted by Gasteiger charge is -2.23. The number of hydrogen-bond acceptors (Lipinski definition) is 6. The van der Waals surface area contributed by atoms with Crippen molar-refractivity contribution in [2.75, 3.05) is 24.7 Å². The molecule has 0 bridgehead atoms. The normalized spacial score (nSPS) is 14.5. The Balaban J connectivity index is 1.60. The molecule has 26 heavy (non-hydrogen) atoms. The second-order valence-corrected chi connectivity index (χ2v) is 8.25. The molecule has 0 unspecified atom stereocenters. The van der Waals surface area contributed by atoms with Gasteiger partial charge in [0.1, 0.15) is 5.58 Å². The molecule has 2 aromatic heterocycles. The van der Waals surface area contributed by atoms with Crippen LogP contribution < -0.4 is 5.32 Å². The van der Waals surface area contributed by atoms with Crippen molar-refractivity contribution in [2.24, 2.45) is 0 Å². The van der Waals surface area contributed by atoms with E-state index >= 15 is 0 Å². The number of aromatic nitrogens is 1. The first-order chi connectivity index (χ1) is 12.7. The molecule has 4 rings (SSSR count). The van der Waals surface area contributed by atoms with Crippen LogP contribution in [0.4, 0.5) is 5.13 Å². The second-order valence-electron chi connectivity index (χ2n) is 6.30. The van der Waals surface area contributed by atoms with E-state index < -0.39 is 0 Å². The SMILES string of the molecule is CCN1CCc2nc(NC(=O)c3oc4ccccc4c3CSC)sc2C1. The van der Waals surface area contributed by atoms with Crippen LogP contribution in [0, 0.1) is 0 Å². The van der Waals surface area contributed by atoms with Crippen molar-refractivity contribution in [1.82, 2.24) is 9.88 Å².